The van der Waals surface area contributed by atoms with Crippen molar-refractivity contribution in [1.82, 2.24) is 4.98 Å². The number of anilines is 1. The van der Waals surface area contributed by atoms with Gasteiger partial charge in [-0.2, -0.15) is 0 Å². The second kappa shape index (κ2) is 2.72. The van der Waals surface area contributed by atoms with Gasteiger partial charge in [0.15, 0.2) is 0 Å². The zero-order valence-corrected chi connectivity index (χ0v) is 7.69. The normalized spacial score (nSPS) is 31.2. The largest absolute Gasteiger partial charge is 0.353 e. The molecule has 13 heavy (non-hydrogen) atoms. The molecule has 1 aliphatic carbocycles. The summed E-state index contributed by atoms with van der Waals surface area (Å²) >= 11 is 0. The topological polar surface area (TPSA) is 16.1 Å². The number of piperidine rings is 1. The van der Waals surface area contributed by atoms with Gasteiger partial charge in [0.05, 0.1) is 0 Å². The maximum Gasteiger partial charge on any atom is 0.128 e. The van der Waals surface area contributed by atoms with E-state index in [1.54, 1.807) is 0 Å². The molecule has 0 aromatic carbocycles. The molecule has 2 aliphatic rings. The van der Waals surface area contributed by atoms with E-state index in [-0.39, 0.29) is 0 Å². The maximum atomic E-state index is 4.41. The fourth-order valence-corrected chi connectivity index (χ4v) is 2.73. The van der Waals surface area contributed by atoms with Crippen LogP contribution in [0.15, 0.2) is 24.4 Å². The number of aromatic nitrogens is 1. The lowest BCUT2D eigenvalue weighted by molar-refractivity contribution is 0.550. The van der Waals surface area contributed by atoms with Crippen molar-refractivity contribution in [3.05, 3.63) is 24.4 Å². The third-order valence-electron chi connectivity index (χ3n) is 3.35. The fraction of sp³-hybridized carbons (Fsp3) is 0.545. The SMILES string of the molecule is c1ccc(N2CC3CCC2C3)nc1. The van der Waals surface area contributed by atoms with Crippen molar-refractivity contribution in [3.8, 4) is 0 Å². The molecule has 2 bridgehead atoms. The van der Waals surface area contributed by atoms with Gasteiger partial charge in [-0.15, -0.1) is 0 Å². The summed E-state index contributed by atoms with van der Waals surface area (Å²) in [6.45, 7) is 1.24. The molecule has 2 atom stereocenters. The molecule has 1 aromatic heterocycles. The molecule has 2 heterocycles. The van der Waals surface area contributed by atoms with Crippen LogP contribution in [0.3, 0.4) is 0 Å². The molecule has 0 radical (unpaired) electrons. The van der Waals surface area contributed by atoms with Crippen LogP contribution in [0.5, 0.6) is 0 Å². The lowest BCUT2D eigenvalue weighted by Gasteiger charge is -2.27. The van der Waals surface area contributed by atoms with E-state index in [1.807, 2.05) is 12.3 Å². The molecule has 0 spiro atoms. The first kappa shape index (κ1) is 7.36. The number of hydrogen-bond donors (Lipinski definition) is 0. The van der Waals surface area contributed by atoms with Gasteiger partial charge in [0.1, 0.15) is 5.82 Å². The Morgan fingerprint density at radius 2 is 2.31 bits per heavy atom. The van der Waals surface area contributed by atoms with Crippen molar-refractivity contribution >= 4 is 5.82 Å². The van der Waals surface area contributed by atoms with Crippen molar-refractivity contribution in [3.63, 3.8) is 0 Å². The van der Waals surface area contributed by atoms with E-state index in [9.17, 15) is 0 Å². The van der Waals surface area contributed by atoms with Gasteiger partial charge in [-0.05, 0) is 37.3 Å². The molecular weight excluding hydrogens is 160 g/mol. The number of fused-ring (bicyclic) bond motifs is 2. The lowest BCUT2D eigenvalue weighted by Crippen LogP contribution is -2.32. The smallest absolute Gasteiger partial charge is 0.128 e. The van der Waals surface area contributed by atoms with E-state index in [4.69, 9.17) is 0 Å². The second-order valence-corrected chi connectivity index (χ2v) is 4.17. The highest BCUT2D eigenvalue weighted by atomic mass is 15.2. The Kier molecular flexibility index (Phi) is 1.54. The predicted molar refractivity (Wildman–Crippen MR) is 52.7 cm³/mol. The molecular formula is C11H14N2. The van der Waals surface area contributed by atoms with Crippen LogP contribution >= 0.6 is 0 Å². The zero-order valence-electron chi connectivity index (χ0n) is 7.69. The average molecular weight is 174 g/mol. The third kappa shape index (κ3) is 1.12. The van der Waals surface area contributed by atoms with Crippen LogP contribution in [0.1, 0.15) is 19.3 Å². The van der Waals surface area contributed by atoms with Crippen LogP contribution < -0.4 is 4.90 Å². The molecule has 1 saturated carbocycles. The molecule has 1 aliphatic heterocycles. The van der Waals surface area contributed by atoms with Crippen LogP contribution in [0.4, 0.5) is 5.82 Å². The fourth-order valence-electron chi connectivity index (χ4n) is 2.73. The minimum atomic E-state index is 0.792. The Bertz CT molecular complexity index is 296. The minimum Gasteiger partial charge on any atom is -0.353 e. The highest BCUT2D eigenvalue weighted by Gasteiger charge is 2.38. The molecule has 2 nitrogen and oxygen atoms in total. The Hall–Kier alpha value is -1.05. The van der Waals surface area contributed by atoms with Crippen LogP contribution in [0.2, 0.25) is 0 Å². The average Bonchev–Trinajstić information content (AvgIpc) is 2.80. The summed E-state index contributed by atoms with van der Waals surface area (Å²) in [6.07, 6.45) is 6.10. The van der Waals surface area contributed by atoms with E-state index in [1.165, 1.54) is 31.6 Å². The number of nitrogens with zero attached hydrogens (tertiary/aromatic N) is 2. The van der Waals surface area contributed by atoms with E-state index >= 15 is 0 Å². The zero-order chi connectivity index (χ0) is 8.67. The summed E-state index contributed by atoms with van der Waals surface area (Å²) in [7, 11) is 0. The van der Waals surface area contributed by atoms with Gasteiger partial charge < -0.3 is 4.90 Å². The van der Waals surface area contributed by atoms with Crippen molar-refractivity contribution < 1.29 is 0 Å². The van der Waals surface area contributed by atoms with E-state index in [0.717, 1.165) is 12.0 Å². The molecule has 2 unspecified atom stereocenters. The summed E-state index contributed by atoms with van der Waals surface area (Å²) in [5.74, 6) is 2.13. The Balaban J connectivity index is 1.87. The Labute approximate surface area is 78.6 Å². The summed E-state index contributed by atoms with van der Waals surface area (Å²) < 4.78 is 0. The molecule has 3 rings (SSSR count). The number of rotatable bonds is 1. The van der Waals surface area contributed by atoms with Gasteiger partial charge in [0, 0.05) is 18.8 Å². The van der Waals surface area contributed by atoms with E-state index in [2.05, 4.69) is 22.0 Å². The van der Waals surface area contributed by atoms with Gasteiger partial charge in [-0.25, -0.2) is 4.98 Å². The molecule has 2 heteroatoms. The Morgan fingerprint density at radius 3 is 2.92 bits per heavy atom. The minimum absolute atomic E-state index is 0.792. The third-order valence-corrected chi connectivity index (χ3v) is 3.35. The summed E-state index contributed by atoms with van der Waals surface area (Å²) in [6, 6.07) is 6.98. The van der Waals surface area contributed by atoms with Gasteiger partial charge in [-0.1, -0.05) is 6.07 Å². The first-order chi connectivity index (χ1) is 6.43. The first-order valence-electron chi connectivity index (χ1n) is 5.11. The quantitative estimate of drug-likeness (QED) is 0.648. The summed E-state index contributed by atoms with van der Waals surface area (Å²) in [5, 5.41) is 0. The summed E-state index contributed by atoms with van der Waals surface area (Å²) in [5.41, 5.74) is 0. The highest BCUT2D eigenvalue weighted by molar-refractivity contribution is 5.41. The molecule has 0 N–H and O–H groups in total. The highest BCUT2D eigenvalue weighted by Crippen LogP contribution is 2.39. The van der Waals surface area contributed by atoms with E-state index in [0.29, 0.717) is 0 Å². The standard InChI is InChI=1S/C11H14N2/c1-2-6-12-11(3-1)13-8-9-4-5-10(13)7-9/h1-3,6,9-10H,4-5,7-8H2. The van der Waals surface area contributed by atoms with Crippen LogP contribution in [0.25, 0.3) is 0 Å². The predicted octanol–water partition coefficient (Wildman–Crippen LogP) is 2.07. The maximum absolute atomic E-state index is 4.41. The van der Waals surface area contributed by atoms with Crippen molar-refractivity contribution in [2.45, 2.75) is 25.3 Å². The lowest BCUT2D eigenvalue weighted by atomic mass is 10.1. The van der Waals surface area contributed by atoms with Crippen LogP contribution in [-0.4, -0.2) is 17.6 Å². The summed E-state index contributed by atoms with van der Waals surface area (Å²) in [4.78, 5) is 6.89. The number of pyridine rings is 1. The Morgan fingerprint density at radius 1 is 1.31 bits per heavy atom. The number of hydrogen-bond acceptors (Lipinski definition) is 2. The van der Waals surface area contributed by atoms with Gasteiger partial charge in [-0.3, -0.25) is 0 Å². The molecule has 0 amide bonds. The van der Waals surface area contributed by atoms with Gasteiger partial charge in [0.25, 0.3) is 0 Å². The van der Waals surface area contributed by atoms with Crippen molar-refractivity contribution in [2.24, 2.45) is 5.92 Å². The van der Waals surface area contributed by atoms with Crippen LogP contribution in [0, 0.1) is 5.92 Å². The first-order valence-corrected chi connectivity index (χ1v) is 5.11. The van der Waals surface area contributed by atoms with Crippen LogP contribution in [-0.2, 0) is 0 Å². The van der Waals surface area contributed by atoms with E-state index < -0.39 is 0 Å². The molecule has 1 aromatic rings. The monoisotopic (exact) mass is 174 g/mol. The van der Waals surface area contributed by atoms with Crippen molar-refractivity contribution in [1.29, 1.82) is 0 Å². The molecule has 1 saturated heterocycles. The van der Waals surface area contributed by atoms with Crippen molar-refractivity contribution in [2.75, 3.05) is 11.4 Å². The molecule has 2 fully saturated rings. The second-order valence-electron chi connectivity index (χ2n) is 4.17. The van der Waals surface area contributed by atoms with Gasteiger partial charge in [0.2, 0.25) is 0 Å². The molecule has 68 valence electrons. The van der Waals surface area contributed by atoms with Gasteiger partial charge >= 0.3 is 0 Å².